The van der Waals surface area contributed by atoms with Crippen molar-refractivity contribution in [3.63, 3.8) is 0 Å². The molecular weight excluding hydrogens is 294 g/mol. The van der Waals surface area contributed by atoms with Gasteiger partial charge in [-0.15, -0.1) is 12.4 Å². The first-order valence-corrected chi connectivity index (χ1v) is 6.76. The molecule has 0 radical (unpaired) electrons. The number of nitrogens with zero attached hydrogens (tertiary/aromatic N) is 3. The minimum absolute atomic E-state index is 0. The zero-order valence-electron chi connectivity index (χ0n) is 12.4. The Hall–Kier alpha value is -1.60. The highest BCUT2D eigenvalue weighted by molar-refractivity contribution is 6.01. The van der Waals surface area contributed by atoms with Crippen LogP contribution in [-0.2, 0) is 16.6 Å². The van der Waals surface area contributed by atoms with Crippen LogP contribution >= 0.6 is 12.4 Å². The second-order valence-corrected chi connectivity index (χ2v) is 5.48. The van der Waals surface area contributed by atoms with Gasteiger partial charge in [-0.25, -0.2) is 0 Å². The molecule has 0 aliphatic carbocycles. The second-order valence-electron chi connectivity index (χ2n) is 5.48. The van der Waals surface area contributed by atoms with Gasteiger partial charge < -0.3 is 16.0 Å². The van der Waals surface area contributed by atoms with Crippen LogP contribution in [0.3, 0.4) is 0 Å². The fourth-order valence-electron chi connectivity index (χ4n) is 2.19. The average molecular weight is 316 g/mol. The third kappa shape index (κ3) is 3.74. The Morgan fingerprint density at radius 3 is 2.71 bits per heavy atom. The number of rotatable bonds is 4. The highest BCUT2D eigenvalue weighted by Crippen LogP contribution is 2.20. The number of anilines is 1. The molecule has 1 aliphatic heterocycles. The van der Waals surface area contributed by atoms with Crippen LogP contribution in [0.15, 0.2) is 12.4 Å². The highest BCUT2D eigenvalue weighted by Gasteiger charge is 2.35. The van der Waals surface area contributed by atoms with Crippen LogP contribution in [0.1, 0.15) is 20.3 Å². The SMILES string of the molecule is CC(C)[C@H](N)C(=O)NC1CCN(c2cnn(C)c2)C1=O.Cl. The van der Waals surface area contributed by atoms with E-state index in [2.05, 4.69) is 10.4 Å². The summed E-state index contributed by atoms with van der Waals surface area (Å²) >= 11 is 0. The number of carbonyl (C=O) groups is 2. The summed E-state index contributed by atoms with van der Waals surface area (Å²) < 4.78 is 1.64. The summed E-state index contributed by atoms with van der Waals surface area (Å²) in [5.41, 5.74) is 6.53. The van der Waals surface area contributed by atoms with Gasteiger partial charge in [0.25, 0.3) is 0 Å². The van der Waals surface area contributed by atoms with Crippen molar-refractivity contribution in [2.24, 2.45) is 18.7 Å². The van der Waals surface area contributed by atoms with Gasteiger partial charge in [0.15, 0.2) is 0 Å². The topological polar surface area (TPSA) is 93.2 Å². The molecule has 0 aromatic carbocycles. The molecule has 7 nitrogen and oxygen atoms in total. The van der Waals surface area contributed by atoms with E-state index < -0.39 is 12.1 Å². The molecule has 2 heterocycles. The Labute approximate surface area is 130 Å². The Kier molecular flexibility index (Phi) is 5.74. The molecule has 118 valence electrons. The van der Waals surface area contributed by atoms with Crippen LogP contribution < -0.4 is 16.0 Å². The van der Waals surface area contributed by atoms with E-state index >= 15 is 0 Å². The number of carbonyl (C=O) groups excluding carboxylic acids is 2. The van der Waals surface area contributed by atoms with E-state index in [1.54, 1.807) is 29.0 Å². The second kappa shape index (κ2) is 6.91. The van der Waals surface area contributed by atoms with Gasteiger partial charge in [-0.3, -0.25) is 14.3 Å². The lowest BCUT2D eigenvalue weighted by molar-refractivity contribution is -0.127. The van der Waals surface area contributed by atoms with Gasteiger partial charge >= 0.3 is 0 Å². The molecule has 3 N–H and O–H groups in total. The van der Waals surface area contributed by atoms with Crippen LogP contribution in [0, 0.1) is 5.92 Å². The molecule has 0 spiro atoms. The molecule has 1 unspecified atom stereocenters. The molecule has 2 amide bonds. The summed E-state index contributed by atoms with van der Waals surface area (Å²) in [6.45, 7) is 4.33. The molecule has 0 saturated carbocycles. The maximum atomic E-state index is 12.3. The molecular formula is C13H22ClN5O2. The van der Waals surface area contributed by atoms with Crippen molar-refractivity contribution in [3.05, 3.63) is 12.4 Å². The Balaban J connectivity index is 0.00000220. The summed E-state index contributed by atoms with van der Waals surface area (Å²) in [4.78, 5) is 25.8. The maximum Gasteiger partial charge on any atom is 0.249 e. The molecule has 1 aliphatic rings. The number of aromatic nitrogens is 2. The molecule has 0 bridgehead atoms. The van der Waals surface area contributed by atoms with Gasteiger partial charge in [0.1, 0.15) is 6.04 Å². The Morgan fingerprint density at radius 1 is 1.52 bits per heavy atom. The first-order valence-electron chi connectivity index (χ1n) is 6.76. The minimum Gasteiger partial charge on any atom is -0.343 e. The smallest absolute Gasteiger partial charge is 0.249 e. The van der Waals surface area contributed by atoms with E-state index in [0.29, 0.717) is 13.0 Å². The van der Waals surface area contributed by atoms with Crippen LogP contribution in [0.4, 0.5) is 5.69 Å². The quantitative estimate of drug-likeness (QED) is 0.821. The number of hydrogen-bond acceptors (Lipinski definition) is 4. The molecule has 1 saturated heterocycles. The first-order chi connectivity index (χ1) is 9.40. The summed E-state index contributed by atoms with van der Waals surface area (Å²) in [5, 5.41) is 6.78. The van der Waals surface area contributed by atoms with Crippen LogP contribution in [0.25, 0.3) is 0 Å². The lowest BCUT2D eigenvalue weighted by Crippen LogP contribution is -2.50. The number of halogens is 1. The van der Waals surface area contributed by atoms with E-state index in [1.807, 2.05) is 13.8 Å². The summed E-state index contributed by atoms with van der Waals surface area (Å²) in [7, 11) is 1.80. The number of nitrogens with one attached hydrogen (secondary N) is 1. The lowest BCUT2D eigenvalue weighted by Gasteiger charge is -2.19. The number of hydrogen-bond donors (Lipinski definition) is 2. The van der Waals surface area contributed by atoms with Crippen LogP contribution in [-0.4, -0.2) is 40.2 Å². The molecule has 1 aromatic rings. The Morgan fingerprint density at radius 2 is 2.19 bits per heavy atom. The molecule has 2 atom stereocenters. The zero-order chi connectivity index (χ0) is 14.9. The van der Waals surface area contributed by atoms with Gasteiger partial charge in [0, 0.05) is 19.8 Å². The predicted octanol–water partition coefficient (Wildman–Crippen LogP) is 0.0467. The molecule has 2 rings (SSSR count). The average Bonchev–Trinajstić information content (AvgIpc) is 2.96. The minimum atomic E-state index is -0.588. The normalized spacial score (nSPS) is 19.6. The van der Waals surface area contributed by atoms with E-state index in [1.165, 1.54) is 0 Å². The monoisotopic (exact) mass is 315 g/mol. The van der Waals surface area contributed by atoms with Crippen LogP contribution in [0.5, 0.6) is 0 Å². The van der Waals surface area contributed by atoms with E-state index in [4.69, 9.17) is 5.73 Å². The fourth-order valence-corrected chi connectivity index (χ4v) is 2.19. The van der Waals surface area contributed by atoms with Crippen molar-refractivity contribution < 1.29 is 9.59 Å². The van der Waals surface area contributed by atoms with Crippen LogP contribution in [0.2, 0.25) is 0 Å². The molecule has 1 aromatic heterocycles. The van der Waals surface area contributed by atoms with Crippen molar-refractivity contribution in [3.8, 4) is 0 Å². The third-order valence-corrected chi connectivity index (χ3v) is 3.55. The predicted molar refractivity (Wildman–Crippen MR) is 82.2 cm³/mol. The van der Waals surface area contributed by atoms with Gasteiger partial charge in [-0.2, -0.15) is 5.10 Å². The third-order valence-electron chi connectivity index (χ3n) is 3.55. The maximum absolute atomic E-state index is 12.3. The Bertz CT molecular complexity index is 516. The first kappa shape index (κ1) is 17.5. The van der Waals surface area contributed by atoms with Gasteiger partial charge in [-0.05, 0) is 12.3 Å². The van der Waals surface area contributed by atoms with Crippen molar-refractivity contribution in [1.82, 2.24) is 15.1 Å². The van der Waals surface area contributed by atoms with E-state index in [0.717, 1.165) is 5.69 Å². The molecule has 1 fully saturated rings. The molecule has 21 heavy (non-hydrogen) atoms. The van der Waals surface area contributed by atoms with Gasteiger partial charge in [-0.1, -0.05) is 13.8 Å². The number of nitrogens with two attached hydrogens (primary N) is 1. The van der Waals surface area contributed by atoms with Crippen molar-refractivity contribution in [2.45, 2.75) is 32.4 Å². The number of amides is 2. The lowest BCUT2D eigenvalue weighted by atomic mass is 10.0. The van der Waals surface area contributed by atoms with Gasteiger partial charge in [0.2, 0.25) is 11.8 Å². The summed E-state index contributed by atoms with van der Waals surface area (Å²) in [6.07, 6.45) is 4.01. The van der Waals surface area contributed by atoms with Crippen molar-refractivity contribution in [1.29, 1.82) is 0 Å². The van der Waals surface area contributed by atoms with E-state index in [9.17, 15) is 9.59 Å². The van der Waals surface area contributed by atoms with Crippen molar-refractivity contribution in [2.75, 3.05) is 11.4 Å². The fraction of sp³-hybridized carbons (Fsp3) is 0.615. The standard InChI is InChI=1S/C13H21N5O2.ClH/c1-8(2)11(14)12(19)16-10-4-5-18(13(10)20)9-6-15-17(3)7-9;/h6-8,10-11H,4-5,14H2,1-3H3,(H,16,19);1H/t10?,11-;/m0./s1. The largest absolute Gasteiger partial charge is 0.343 e. The van der Waals surface area contributed by atoms with Crippen molar-refractivity contribution >= 4 is 29.9 Å². The van der Waals surface area contributed by atoms with E-state index in [-0.39, 0.29) is 30.1 Å². The number of aryl methyl sites for hydroxylation is 1. The molecule has 8 heteroatoms. The zero-order valence-corrected chi connectivity index (χ0v) is 13.3. The van der Waals surface area contributed by atoms with Gasteiger partial charge in [0.05, 0.1) is 17.9 Å². The summed E-state index contributed by atoms with van der Waals surface area (Å²) in [5.74, 6) is -0.338. The highest BCUT2D eigenvalue weighted by atomic mass is 35.5. The summed E-state index contributed by atoms with van der Waals surface area (Å²) in [6, 6.07) is -1.08.